The maximum Gasteiger partial charge on any atom is 0.315 e. The van der Waals surface area contributed by atoms with Crippen LogP contribution in [0.25, 0.3) is 0 Å². The summed E-state index contributed by atoms with van der Waals surface area (Å²) in [5.41, 5.74) is 0. The van der Waals surface area contributed by atoms with E-state index in [-0.39, 0.29) is 19.1 Å². The van der Waals surface area contributed by atoms with Crippen molar-refractivity contribution in [2.45, 2.75) is 13.8 Å². The van der Waals surface area contributed by atoms with Crippen LogP contribution in [0, 0.1) is 0 Å². The average molecular weight is 224 g/mol. The molecule has 0 aliphatic rings. The lowest BCUT2D eigenvalue weighted by Crippen LogP contribution is -2.13. The molecule has 0 rings (SSSR count). The molecule has 5 nitrogen and oxygen atoms in total. The maximum atomic E-state index is 11.9. The SMILES string of the molecule is CCOC(=O)CP(=O)(COC)OCC. The second kappa shape index (κ2) is 6.98. The molecule has 0 aromatic rings. The molecule has 0 bridgehead atoms. The van der Waals surface area contributed by atoms with Crippen molar-refractivity contribution >= 4 is 13.3 Å². The van der Waals surface area contributed by atoms with Crippen LogP contribution in [-0.2, 0) is 23.4 Å². The predicted octanol–water partition coefficient (Wildman–Crippen LogP) is 1.47. The van der Waals surface area contributed by atoms with E-state index in [2.05, 4.69) is 4.74 Å². The van der Waals surface area contributed by atoms with Gasteiger partial charge in [-0.25, -0.2) is 0 Å². The highest BCUT2D eigenvalue weighted by Crippen LogP contribution is 2.46. The Bertz CT molecular complexity index is 206. The van der Waals surface area contributed by atoms with Crippen LogP contribution in [0.1, 0.15) is 13.8 Å². The molecule has 0 heterocycles. The molecule has 0 aromatic carbocycles. The van der Waals surface area contributed by atoms with Crippen molar-refractivity contribution in [3.63, 3.8) is 0 Å². The van der Waals surface area contributed by atoms with Crippen LogP contribution in [0.3, 0.4) is 0 Å². The Morgan fingerprint density at radius 1 is 1.29 bits per heavy atom. The summed E-state index contributed by atoms with van der Waals surface area (Å²) >= 11 is 0. The van der Waals surface area contributed by atoms with Gasteiger partial charge in [-0.05, 0) is 13.8 Å². The highest BCUT2D eigenvalue weighted by atomic mass is 31.2. The van der Waals surface area contributed by atoms with Crippen molar-refractivity contribution in [1.82, 2.24) is 0 Å². The molecule has 0 spiro atoms. The molecule has 0 saturated carbocycles. The molecule has 0 fully saturated rings. The molecule has 6 heteroatoms. The summed E-state index contributed by atoms with van der Waals surface area (Å²) < 4.78 is 26.3. The van der Waals surface area contributed by atoms with E-state index in [4.69, 9.17) is 9.26 Å². The summed E-state index contributed by atoms with van der Waals surface area (Å²) in [5.74, 6) is -0.513. The van der Waals surface area contributed by atoms with Gasteiger partial charge in [-0.1, -0.05) is 0 Å². The molecule has 0 radical (unpaired) electrons. The first kappa shape index (κ1) is 13.6. The van der Waals surface area contributed by atoms with Gasteiger partial charge in [-0.2, -0.15) is 0 Å². The van der Waals surface area contributed by atoms with Gasteiger partial charge in [0.25, 0.3) is 0 Å². The van der Waals surface area contributed by atoms with Crippen molar-refractivity contribution < 1.29 is 23.4 Å². The van der Waals surface area contributed by atoms with E-state index in [1.807, 2.05) is 0 Å². The van der Waals surface area contributed by atoms with Gasteiger partial charge >= 0.3 is 5.97 Å². The third-order valence-corrected chi connectivity index (χ3v) is 3.49. The number of methoxy groups -OCH3 is 1. The zero-order chi connectivity index (χ0) is 11.0. The molecule has 84 valence electrons. The number of hydrogen-bond donors (Lipinski definition) is 0. The molecule has 0 N–H and O–H groups in total. The Labute approximate surface area is 84.2 Å². The second-order valence-corrected chi connectivity index (χ2v) is 5.07. The normalized spacial score (nSPS) is 14.8. The fourth-order valence-corrected chi connectivity index (χ4v) is 2.57. The van der Waals surface area contributed by atoms with Crippen LogP contribution >= 0.6 is 7.37 Å². The molecule has 0 aromatic heterocycles. The van der Waals surface area contributed by atoms with Crippen LogP contribution in [-0.4, -0.2) is 38.8 Å². The van der Waals surface area contributed by atoms with Crippen LogP contribution in [0.15, 0.2) is 0 Å². The minimum atomic E-state index is -3.00. The van der Waals surface area contributed by atoms with E-state index in [0.717, 1.165) is 0 Å². The summed E-state index contributed by atoms with van der Waals surface area (Å²) in [7, 11) is -1.59. The predicted molar refractivity (Wildman–Crippen MR) is 52.6 cm³/mol. The minimum Gasteiger partial charge on any atom is -0.466 e. The highest BCUT2D eigenvalue weighted by Gasteiger charge is 2.27. The van der Waals surface area contributed by atoms with E-state index < -0.39 is 13.3 Å². The Kier molecular flexibility index (Phi) is 6.79. The third-order valence-electron chi connectivity index (χ3n) is 1.37. The zero-order valence-corrected chi connectivity index (χ0v) is 9.71. The number of carbonyl (C=O) groups excluding carboxylic acids is 1. The number of ether oxygens (including phenoxy) is 2. The first-order valence-electron chi connectivity index (χ1n) is 4.45. The Morgan fingerprint density at radius 2 is 1.93 bits per heavy atom. The molecule has 0 saturated heterocycles. The van der Waals surface area contributed by atoms with Crippen molar-refractivity contribution in [1.29, 1.82) is 0 Å². The molecule has 1 atom stereocenters. The lowest BCUT2D eigenvalue weighted by molar-refractivity contribution is -0.140. The first-order valence-corrected chi connectivity index (χ1v) is 6.44. The van der Waals surface area contributed by atoms with E-state index in [1.54, 1.807) is 13.8 Å². The Morgan fingerprint density at radius 3 is 2.36 bits per heavy atom. The fraction of sp³-hybridized carbons (Fsp3) is 0.875. The monoisotopic (exact) mass is 224 g/mol. The fourth-order valence-electron chi connectivity index (χ4n) is 0.964. The lowest BCUT2D eigenvalue weighted by Gasteiger charge is -2.15. The van der Waals surface area contributed by atoms with Gasteiger partial charge < -0.3 is 14.0 Å². The van der Waals surface area contributed by atoms with Crippen LogP contribution in [0.5, 0.6) is 0 Å². The van der Waals surface area contributed by atoms with Gasteiger partial charge in [-0.15, -0.1) is 0 Å². The van der Waals surface area contributed by atoms with Gasteiger partial charge in [0.2, 0.25) is 7.37 Å². The van der Waals surface area contributed by atoms with E-state index in [0.29, 0.717) is 6.61 Å². The molecule has 0 amide bonds. The summed E-state index contributed by atoms with van der Waals surface area (Å²) in [6.45, 7) is 3.98. The van der Waals surface area contributed by atoms with Gasteiger partial charge in [0.1, 0.15) is 12.5 Å². The smallest absolute Gasteiger partial charge is 0.315 e. The van der Waals surface area contributed by atoms with Gasteiger partial charge in [0, 0.05) is 7.11 Å². The zero-order valence-electron chi connectivity index (χ0n) is 8.82. The molecule has 0 aliphatic heterocycles. The van der Waals surface area contributed by atoms with Gasteiger partial charge in [-0.3, -0.25) is 9.36 Å². The number of esters is 1. The number of hydrogen-bond acceptors (Lipinski definition) is 5. The van der Waals surface area contributed by atoms with Crippen LogP contribution < -0.4 is 0 Å². The number of rotatable bonds is 7. The van der Waals surface area contributed by atoms with Gasteiger partial charge in [0.05, 0.1) is 13.2 Å². The standard InChI is InChI=1S/C8H17O5P/c1-4-12-8(9)6-14(10,7-11-3)13-5-2/h4-7H2,1-3H3. The van der Waals surface area contributed by atoms with Crippen molar-refractivity contribution in [2.24, 2.45) is 0 Å². The van der Waals surface area contributed by atoms with Crippen molar-refractivity contribution in [2.75, 3.05) is 32.8 Å². The summed E-state index contributed by atoms with van der Waals surface area (Å²) in [6, 6.07) is 0. The average Bonchev–Trinajstić information content (AvgIpc) is 2.04. The summed E-state index contributed by atoms with van der Waals surface area (Å²) in [6.07, 6.45) is -0.276. The summed E-state index contributed by atoms with van der Waals surface area (Å²) in [5, 5.41) is 0. The third kappa shape index (κ3) is 5.37. The Hall–Kier alpha value is -0.380. The van der Waals surface area contributed by atoms with Crippen LogP contribution in [0.4, 0.5) is 0 Å². The number of carbonyl (C=O) groups is 1. The van der Waals surface area contributed by atoms with Gasteiger partial charge in [0.15, 0.2) is 0 Å². The van der Waals surface area contributed by atoms with E-state index in [9.17, 15) is 9.36 Å². The minimum absolute atomic E-state index is 0.0559. The quantitative estimate of drug-likeness (QED) is 0.484. The van der Waals surface area contributed by atoms with Crippen molar-refractivity contribution in [3.05, 3.63) is 0 Å². The topological polar surface area (TPSA) is 61.8 Å². The molecule has 14 heavy (non-hydrogen) atoms. The second-order valence-electron chi connectivity index (χ2n) is 2.61. The maximum absolute atomic E-state index is 11.9. The first-order chi connectivity index (χ1) is 6.58. The van der Waals surface area contributed by atoms with Crippen molar-refractivity contribution in [3.8, 4) is 0 Å². The highest BCUT2D eigenvalue weighted by molar-refractivity contribution is 7.59. The lowest BCUT2D eigenvalue weighted by atomic mass is 10.8. The van der Waals surface area contributed by atoms with Crippen LogP contribution in [0.2, 0.25) is 0 Å². The molecule has 1 unspecified atom stereocenters. The molecule has 0 aliphatic carbocycles. The van der Waals surface area contributed by atoms with E-state index >= 15 is 0 Å². The Balaban J connectivity index is 4.21. The molecular weight excluding hydrogens is 207 g/mol. The van der Waals surface area contributed by atoms with E-state index in [1.165, 1.54) is 7.11 Å². The largest absolute Gasteiger partial charge is 0.466 e. The molecular formula is C8H17O5P. The summed E-state index contributed by atoms with van der Waals surface area (Å²) in [4.78, 5) is 11.1.